The lowest BCUT2D eigenvalue weighted by Crippen LogP contribution is -2.37. The highest BCUT2D eigenvalue weighted by Crippen LogP contribution is 2.38. The van der Waals surface area contributed by atoms with Crippen molar-refractivity contribution in [3.8, 4) is 0 Å². The minimum absolute atomic E-state index is 0.0277. The van der Waals surface area contributed by atoms with Crippen LogP contribution in [0, 0.1) is 0 Å². The molecule has 0 heterocycles. The van der Waals surface area contributed by atoms with Crippen LogP contribution >= 0.6 is 7.82 Å². The molecule has 0 aliphatic carbocycles. The van der Waals surface area contributed by atoms with Gasteiger partial charge in [0.2, 0.25) is 0 Å². The highest BCUT2D eigenvalue weighted by atomic mass is 31.2. The van der Waals surface area contributed by atoms with Crippen LogP contribution in [0.5, 0.6) is 0 Å². The van der Waals surface area contributed by atoms with E-state index in [2.05, 4.69) is 6.92 Å². The summed E-state index contributed by atoms with van der Waals surface area (Å²) in [6.07, 6.45) is 23.9. The molecule has 0 fully saturated rings. The molecule has 0 aliphatic rings. The number of esters is 2. The van der Waals surface area contributed by atoms with E-state index in [1.54, 1.807) is 0 Å². The van der Waals surface area contributed by atoms with Crippen LogP contribution in [0.3, 0.4) is 0 Å². The molecule has 44 heavy (non-hydrogen) atoms. The number of phosphoric ester groups is 1. The summed E-state index contributed by atoms with van der Waals surface area (Å²) >= 11 is 0. The topological polar surface area (TPSA) is 111 Å². The standard InChI is InChI=1S/C34H68NO8P/c1-6-8-10-11-12-13-14-15-16-17-18-19-20-21-22-23-24-25-27-34(37)43-32(30-40-33(36)26-9-7-2)31-42-44(38,39)41-29-28-35(3,4)5/h32H,6-31H2,1-5H3. The van der Waals surface area contributed by atoms with Crippen molar-refractivity contribution in [2.24, 2.45) is 0 Å². The Morgan fingerprint density at radius 2 is 1.05 bits per heavy atom. The number of carbonyl (C=O) groups is 2. The molecule has 262 valence electrons. The molecular formula is C34H68NO8P. The van der Waals surface area contributed by atoms with Crippen molar-refractivity contribution in [3.05, 3.63) is 0 Å². The van der Waals surface area contributed by atoms with Crippen LogP contribution in [0.4, 0.5) is 0 Å². The van der Waals surface area contributed by atoms with Crippen LogP contribution in [-0.4, -0.2) is 70.0 Å². The average molecular weight is 650 g/mol. The van der Waals surface area contributed by atoms with E-state index in [9.17, 15) is 19.0 Å². The molecule has 9 nitrogen and oxygen atoms in total. The number of quaternary nitrogens is 1. The largest absolute Gasteiger partial charge is 0.756 e. The number of hydrogen-bond donors (Lipinski definition) is 0. The van der Waals surface area contributed by atoms with Gasteiger partial charge in [-0.15, -0.1) is 0 Å². The molecule has 2 unspecified atom stereocenters. The van der Waals surface area contributed by atoms with Gasteiger partial charge in [0.05, 0.1) is 27.7 Å². The molecule has 10 heteroatoms. The summed E-state index contributed by atoms with van der Waals surface area (Å²) < 4.78 is 33.2. The molecule has 0 radical (unpaired) electrons. The van der Waals surface area contributed by atoms with Crippen LogP contribution in [-0.2, 0) is 32.7 Å². The lowest BCUT2D eigenvalue weighted by molar-refractivity contribution is -0.870. The molecule has 0 saturated carbocycles. The maximum Gasteiger partial charge on any atom is 0.306 e. The van der Waals surface area contributed by atoms with Gasteiger partial charge in [-0.2, -0.15) is 0 Å². The lowest BCUT2D eigenvalue weighted by Gasteiger charge is -2.28. The Balaban J connectivity index is 4.08. The summed E-state index contributed by atoms with van der Waals surface area (Å²) in [5.41, 5.74) is 0. The van der Waals surface area contributed by atoms with Gasteiger partial charge in [-0.3, -0.25) is 14.2 Å². The quantitative estimate of drug-likeness (QED) is 0.0310. The molecule has 0 aromatic carbocycles. The molecule has 0 N–H and O–H groups in total. The average Bonchev–Trinajstić information content (AvgIpc) is 2.96. The predicted molar refractivity (Wildman–Crippen MR) is 176 cm³/mol. The molecule has 0 aliphatic heterocycles. The second-order valence-electron chi connectivity index (χ2n) is 13.2. The van der Waals surface area contributed by atoms with Gasteiger partial charge < -0.3 is 27.9 Å². The molecule has 2 atom stereocenters. The summed E-state index contributed by atoms with van der Waals surface area (Å²) in [6, 6.07) is 0. The van der Waals surface area contributed by atoms with Gasteiger partial charge in [0.25, 0.3) is 7.82 Å². The maximum atomic E-state index is 12.5. The van der Waals surface area contributed by atoms with E-state index in [-0.39, 0.29) is 26.1 Å². The third kappa shape index (κ3) is 31.0. The molecule has 0 amide bonds. The van der Waals surface area contributed by atoms with E-state index in [0.717, 1.165) is 19.3 Å². The Labute approximate surface area is 270 Å². The van der Waals surface area contributed by atoms with E-state index in [0.29, 0.717) is 23.9 Å². The third-order valence-electron chi connectivity index (χ3n) is 7.63. The van der Waals surface area contributed by atoms with Crippen molar-refractivity contribution in [2.75, 3.05) is 47.5 Å². The number of nitrogens with zero attached hydrogens (tertiary/aromatic N) is 1. The van der Waals surface area contributed by atoms with Crippen molar-refractivity contribution in [2.45, 2.75) is 161 Å². The number of phosphoric acid groups is 1. The molecule has 0 spiro atoms. The second-order valence-corrected chi connectivity index (χ2v) is 14.7. The van der Waals surface area contributed by atoms with E-state index in [1.807, 2.05) is 28.1 Å². The molecule has 0 saturated heterocycles. The number of unbranched alkanes of at least 4 members (excludes halogenated alkanes) is 18. The molecular weight excluding hydrogens is 581 g/mol. The molecule has 0 bridgehead atoms. The highest BCUT2D eigenvalue weighted by Gasteiger charge is 2.21. The molecule has 0 aromatic rings. The van der Waals surface area contributed by atoms with Crippen LogP contribution < -0.4 is 4.89 Å². The number of rotatable bonds is 32. The van der Waals surface area contributed by atoms with Gasteiger partial charge in [-0.1, -0.05) is 129 Å². The Bertz CT molecular complexity index is 743. The van der Waals surface area contributed by atoms with Crippen LogP contribution in [0.25, 0.3) is 0 Å². The Morgan fingerprint density at radius 1 is 0.614 bits per heavy atom. The van der Waals surface area contributed by atoms with Crippen molar-refractivity contribution < 1.29 is 42.1 Å². The Kier molecular flexibility index (Phi) is 27.6. The van der Waals surface area contributed by atoms with Gasteiger partial charge in [-0.25, -0.2) is 0 Å². The van der Waals surface area contributed by atoms with E-state index >= 15 is 0 Å². The van der Waals surface area contributed by atoms with E-state index in [4.69, 9.17) is 18.5 Å². The minimum Gasteiger partial charge on any atom is -0.756 e. The van der Waals surface area contributed by atoms with Crippen molar-refractivity contribution >= 4 is 19.8 Å². The van der Waals surface area contributed by atoms with E-state index < -0.39 is 32.5 Å². The number of ether oxygens (including phenoxy) is 2. The first-order valence-corrected chi connectivity index (χ1v) is 19.2. The number of hydrogen-bond acceptors (Lipinski definition) is 8. The summed E-state index contributed by atoms with van der Waals surface area (Å²) in [6.45, 7) is 3.96. The van der Waals surface area contributed by atoms with Gasteiger partial charge in [-0.05, 0) is 12.8 Å². The predicted octanol–water partition coefficient (Wildman–Crippen LogP) is 8.27. The Morgan fingerprint density at radius 3 is 1.50 bits per heavy atom. The second kappa shape index (κ2) is 28.3. The monoisotopic (exact) mass is 649 g/mol. The van der Waals surface area contributed by atoms with Gasteiger partial charge in [0, 0.05) is 12.8 Å². The fraction of sp³-hybridized carbons (Fsp3) is 0.941. The lowest BCUT2D eigenvalue weighted by atomic mass is 10.0. The smallest absolute Gasteiger partial charge is 0.306 e. The van der Waals surface area contributed by atoms with Gasteiger partial charge in [0.15, 0.2) is 6.10 Å². The van der Waals surface area contributed by atoms with Crippen LogP contribution in [0.2, 0.25) is 0 Å². The maximum absolute atomic E-state index is 12.5. The zero-order valence-electron chi connectivity index (χ0n) is 29.1. The van der Waals surface area contributed by atoms with E-state index in [1.165, 1.54) is 96.3 Å². The number of carbonyl (C=O) groups excluding carboxylic acids is 2. The first-order chi connectivity index (χ1) is 21.0. The first-order valence-electron chi connectivity index (χ1n) is 17.7. The van der Waals surface area contributed by atoms with Crippen LogP contribution in [0.1, 0.15) is 155 Å². The van der Waals surface area contributed by atoms with Gasteiger partial charge in [0.1, 0.15) is 19.8 Å². The molecule has 0 rings (SSSR count). The number of likely N-dealkylation sites (N-methyl/N-ethyl adjacent to an activating group) is 1. The minimum atomic E-state index is -4.59. The van der Waals surface area contributed by atoms with Crippen molar-refractivity contribution in [3.63, 3.8) is 0 Å². The third-order valence-corrected chi connectivity index (χ3v) is 8.59. The van der Waals surface area contributed by atoms with Crippen molar-refractivity contribution in [1.82, 2.24) is 0 Å². The summed E-state index contributed by atoms with van der Waals surface area (Å²) in [5, 5.41) is 0. The molecule has 0 aromatic heterocycles. The highest BCUT2D eigenvalue weighted by molar-refractivity contribution is 7.45. The zero-order chi connectivity index (χ0) is 32.9. The summed E-state index contributed by atoms with van der Waals surface area (Å²) in [5.74, 6) is -0.868. The van der Waals surface area contributed by atoms with Gasteiger partial charge >= 0.3 is 11.9 Å². The summed E-state index contributed by atoms with van der Waals surface area (Å²) in [4.78, 5) is 36.6. The fourth-order valence-corrected chi connectivity index (χ4v) is 5.48. The zero-order valence-corrected chi connectivity index (χ0v) is 30.0. The Hall–Kier alpha value is -0.990. The summed E-state index contributed by atoms with van der Waals surface area (Å²) in [7, 11) is 1.17. The first kappa shape index (κ1) is 43.0. The normalized spacial score (nSPS) is 13.9. The van der Waals surface area contributed by atoms with Crippen LogP contribution in [0.15, 0.2) is 0 Å². The fourth-order valence-electron chi connectivity index (χ4n) is 4.75. The SMILES string of the molecule is CCCCCCCCCCCCCCCCCCCCC(=O)OC(COC(=O)CCCC)COP(=O)([O-])OCC[N+](C)(C)C. The van der Waals surface area contributed by atoms with Crippen molar-refractivity contribution in [1.29, 1.82) is 0 Å².